The standard InChI is InChI=1S/C27H27N5O2/c1-19-28-23-8-4-3-7-22(23)27(34)32(19)21-13-11-20(12-14-21)26(33)29-24-9-5-6-10-25(24)31-17-15-30(2)16-18-31/h3-14H,15-18H2,1-2H3,(H,29,33). The molecule has 0 atom stereocenters. The summed E-state index contributed by atoms with van der Waals surface area (Å²) < 4.78 is 1.58. The van der Waals surface area contributed by atoms with E-state index in [1.165, 1.54) is 0 Å². The van der Waals surface area contributed by atoms with E-state index >= 15 is 0 Å². The van der Waals surface area contributed by atoms with E-state index in [9.17, 15) is 9.59 Å². The van der Waals surface area contributed by atoms with Crippen molar-refractivity contribution >= 4 is 28.2 Å². The molecule has 1 aliphatic heterocycles. The highest BCUT2D eigenvalue weighted by Gasteiger charge is 2.18. The molecule has 3 aromatic carbocycles. The van der Waals surface area contributed by atoms with Gasteiger partial charge in [-0.05, 0) is 62.5 Å². The number of hydrogen-bond acceptors (Lipinski definition) is 5. The summed E-state index contributed by atoms with van der Waals surface area (Å²) >= 11 is 0. The van der Waals surface area contributed by atoms with E-state index in [-0.39, 0.29) is 11.5 Å². The maximum absolute atomic E-state index is 13.1. The molecule has 172 valence electrons. The Hall–Kier alpha value is -3.97. The maximum atomic E-state index is 13.1. The predicted octanol–water partition coefficient (Wildman–Crippen LogP) is 3.70. The van der Waals surface area contributed by atoms with Crippen LogP contribution in [0.25, 0.3) is 16.6 Å². The van der Waals surface area contributed by atoms with Gasteiger partial charge in [-0.1, -0.05) is 24.3 Å². The molecule has 34 heavy (non-hydrogen) atoms. The average molecular weight is 454 g/mol. The summed E-state index contributed by atoms with van der Waals surface area (Å²) in [6.07, 6.45) is 0. The first-order valence-electron chi connectivity index (χ1n) is 11.4. The first-order valence-corrected chi connectivity index (χ1v) is 11.4. The summed E-state index contributed by atoms with van der Waals surface area (Å²) in [4.78, 5) is 35.3. The van der Waals surface area contributed by atoms with E-state index in [0.717, 1.165) is 37.6 Å². The van der Waals surface area contributed by atoms with Gasteiger partial charge in [0.2, 0.25) is 0 Å². The zero-order valence-electron chi connectivity index (χ0n) is 19.4. The van der Waals surface area contributed by atoms with Crippen molar-refractivity contribution in [3.05, 3.63) is 94.5 Å². The van der Waals surface area contributed by atoms with Crippen LogP contribution in [0.4, 0.5) is 11.4 Å². The van der Waals surface area contributed by atoms with Crippen molar-refractivity contribution in [2.45, 2.75) is 6.92 Å². The SMILES string of the molecule is Cc1nc2ccccc2c(=O)n1-c1ccc(C(=O)Nc2ccccc2N2CCN(C)CC2)cc1. The van der Waals surface area contributed by atoms with Crippen LogP contribution in [-0.4, -0.2) is 53.6 Å². The Bertz CT molecular complexity index is 1400. The van der Waals surface area contributed by atoms with Crippen LogP contribution in [-0.2, 0) is 0 Å². The molecule has 1 aliphatic rings. The van der Waals surface area contributed by atoms with Gasteiger partial charge in [-0.25, -0.2) is 4.98 Å². The van der Waals surface area contributed by atoms with Crippen LogP contribution in [0.2, 0.25) is 0 Å². The van der Waals surface area contributed by atoms with Crippen LogP contribution >= 0.6 is 0 Å². The van der Waals surface area contributed by atoms with E-state index in [1.54, 1.807) is 34.9 Å². The number of aryl methyl sites for hydroxylation is 1. The first-order chi connectivity index (χ1) is 16.5. The Labute approximate surface area is 198 Å². The Kier molecular flexibility index (Phi) is 5.86. The lowest BCUT2D eigenvalue weighted by atomic mass is 10.1. The Balaban J connectivity index is 1.39. The van der Waals surface area contributed by atoms with Gasteiger partial charge in [0.25, 0.3) is 11.5 Å². The lowest BCUT2D eigenvalue weighted by molar-refractivity contribution is 0.102. The summed E-state index contributed by atoms with van der Waals surface area (Å²) in [5.74, 6) is 0.413. The van der Waals surface area contributed by atoms with Gasteiger partial charge in [-0.15, -0.1) is 0 Å². The molecular weight excluding hydrogens is 426 g/mol. The van der Waals surface area contributed by atoms with Crippen molar-refractivity contribution in [3.8, 4) is 5.69 Å². The number of nitrogens with zero attached hydrogens (tertiary/aromatic N) is 4. The number of carbonyl (C=O) groups excluding carboxylic acids is 1. The minimum Gasteiger partial charge on any atom is -0.367 e. The highest BCUT2D eigenvalue weighted by Crippen LogP contribution is 2.27. The first kappa shape index (κ1) is 21.9. The molecule has 7 nitrogen and oxygen atoms in total. The second-order valence-corrected chi connectivity index (χ2v) is 8.63. The summed E-state index contributed by atoms with van der Waals surface area (Å²) in [5.41, 5.74) is 3.58. The zero-order valence-corrected chi connectivity index (χ0v) is 19.4. The lowest BCUT2D eigenvalue weighted by Crippen LogP contribution is -2.44. The maximum Gasteiger partial charge on any atom is 0.265 e. The van der Waals surface area contributed by atoms with Gasteiger partial charge < -0.3 is 15.1 Å². The third-order valence-corrected chi connectivity index (χ3v) is 6.33. The second kappa shape index (κ2) is 9.11. The van der Waals surface area contributed by atoms with Crippen molar-refractivity contribution in [3.63, 3.8) is 0 Å². The van der Waals surface area contributed by atoms with Gasteiger partial charge >= 0.3 is 0 Å². The number of likely N-dealkylation sites (N-methyl/N-ethyl adjacent to an activating group) is 1. The molecule has 0 aliphatic carbocycles. The summed E-state index contributed by atoms with van der Waals surface area (Å²) in [6, 6.07) is 22.3. The van der Waals surface area contributed by atoms with Crippen LogP contribution in [0.1, 0.15) is 16.2 Å². The van der Waals surface area contributed by atoms with Gasteiger partial charge in [0.15, 0.2) is 0 Å². The van der Waals surface area contributed by atoms with E-state index in [0.29, 0.717) is 28.0 Å². The molecule has 1 aromatic heterocycles. The van der Waals surface area contributed by atoms with Crippen molar-refractivity contribution in [2.24, 2.45) is 0 Å². The van der Waals surface area contributed by atoms with E-state index in [1.807, 2.05) is 49.4 Å². The van der Waals surface area contributed by atoms with Gasteiger partial charge in [-0.2, -0.15) is 0 Å². The van der Waals surface area contributed by atoms with E-state index < -0.39 is 0 Å². The molecule has 1 saturated heterocycles. The number of piperazine rings is 1. The molecule has 2 heterocycles. The summed E-state index contributed by atoms with van der Waals surface area (Å²) in [6.45, 7) is 5.64. The smallest absolute Gasteiger partial charge is 0.265 e. The molecule has 0 spiro atoms. The minimum absolute atomic E-state index is 0.124. The van der Waals surface area contributed by atoms with Crippen LogP contribution in [0.5, 0.6) is 0 Å². The normalized spacial score (nSPS) is 14.4. The molecule has 7 heteroatoms. The van der Waals surface area contributed by atoms with Gasteiger partial charge in [-0.3, -0.25) is 14.2 Å². The van der Waals surface area contributed by atoms with E-state index in [4.69, 9.17) is 0 Å². The predicted molar refractivity (Wildman–Crippen MR) is 136 cm³/mol. The highest BCUT2D eigenvalue weighted by molar-refractivity contribution is 6.06. The third-order valence-electron chi connectivity index (χ3n) is 6.33. The highest BCUT2D eigenvalue weighted by atomic mass is 16.1. The largest absolute Gasteiger partial charge is 0.367 e. The van der Waals surface area contributed by atoms with Crippen LogP contribution < -0.4 is 15.8 Å². The number of nitrogens with one attached hydrogen (secondary N) is 1. The van der Waals surface area contributed by atoms with Crippen LogP contribution in [0.15, 0.2) is 77.6 Å². The van der Waals surface area contributed by atoms with Crippen LogP contribution in [0, 0.1) is 6.92 Å². The Morgan fingerprint density at radius 1 is 0.882 bits per heavy atom. The molecule has 1 N–H and O–H groups in total. The number of carbonyl (C=O) groups is 1. The molecule has 0 saturated carbocycles. The number of fused-ring (bicyclic) bond motifs is 1. The fraction of sp³-hybridized carbons (Fsp3) is 0.222. The number of anilines is 2. The second-order valence-electron chi connectivity index (χ2n) is 8.63. The summed E-state index contributed by atoms with van der Waals surface area (Å²) in [7, 11) is 2.12. The van der Waals surface area contributed by atoms with Gasteiger partial charge in [0.05, 0.1) is 28.0 Å². The molecule has 4 aromatic rings. The van der Waals surface area contributed by atoms with E-state index in [2.05, 4.69) is 27.1 Å². The fourth-order valence-electron chi connectivity index (χ4n) is 4.41. The number of amides is 1. The molecule has 1 amide bonds. The molecule has 5 rings (SSSR count). The fourth-order valence-corrected chi connectivity index (χ4v) is 4.41. The van der Waals surface area contributed by atoms with Crippen molar-refractivity contribution in [1.29, 1.82) is 0 Å². The van der Waals surface area contributed by atoms with Crippen molar-refractivity contribution in [1.82, 2.24) is 14.5 Å². The molecule has 0 unspecified atom stereocenters. The monoisotopic (exact) mass is 453 g/mol. The van der Waals surface area contributed by atoms with Gasteiger partial charge in [0.1, 0.15) is 5.82 Å². The van der Waals surface area contributed by atoms with Crippen LogP contribution in [0.3, 0.4) is 0 Å². The third kappa shape index (κ3) is 4.18. The number of para-hydroxylation sites is 3. The average Bonchev–Trinajstić information content (AvgIpc) is 2.85. The Morgan fingerprint density at radius 2 is 1.56 bits per heavy atom. The molecular formula is C27H27N5O2. The summed E-state index contributed by atoms with van der Waals surface area (Å²) in [5, 5.41) is 3.63. The number of benzene rings is 3. The molecule has 0 radical (unpaired) electrons. The zero-order chi connectivity index (χ0) is 23.7. The lowest BCUT2D eigenvalue weighted by Gasteiger charge is -2.35. The topological polar surface area (TPSA) is 70.5 Å². The van der Waals surface area contributed by atoms with Crippen molar-refractivity contribution in [2.75, 3.05) is 43.4 Å². The number of hydrogen-bond donors (Lipinski definition) is 1. The number of aromatic nitrogens is 2. The quantitative estimate of drug-likeness (QED) is 0.510. The number of rotatable bonds is 4. The molecule has 1 fully saturated rings. The van der Waals surface area contributed by atoms with Gasteiger partial charge in [0, 0.05) is 31.7 Å². The van der Waals surface area contributed by atoms with Crippen molar-refractivity contribution < 1.29 is 4.79 Å². The minimum atomic E-state index is -0.186. The Morgan fingerprint density at radius 3 is 2.32 bits per heavy atom. The molecule has 0 bridgehead atoms.